The third-order valence-electron chi connectivity index (χ3n) is 10.3. The number of para-hydroxylation sites is 1. The second-order valence-electron chi connectivity index (χ2n) is 13.8. The number of allylic oxidation sites excluding steroid dienone is 2. The van der Waals surface area contributed by atoms with Crippen LogP contribution in [0.25, 0.3) is 33.3 Å². The van der Waals surface area contributed by atoms with Gasteiger partial charge in [-0.1, -0.05) is 75.9 Å². The first-order valence-electron chi connectivity index (χ1n) is 17.7. The summed E-state index contributed by atoms with van der Waals surface area (Å²) in [6.07, 6.45) is 10.0. The van der Waals surface area contributed by atoms with Crippen LogP contribution in [-0.2, 0) is 27.5 Å². The van der Waals surface area contributed by atoms with Crippen LogP contribution in [0, 0.1) is 31.9 Å². The molecule has 6 aromatic rings. The number of fused-ring (bicyclic) bond motifs is 3. The van der Waals surface area contributed by atoms with E-state index in [0.717, 1.165) is 46.5 Å². The van der Waals surface area contributed by atoms with Crippen LogP contribution in [0.4, 0.5) is 0 Å². The van der Waals surface area contributed by atoms with Crippen molar-refractivity contribution < 1.29 is 25.8 Å². The maximum atomic E-state index is 6.64. The predicted octanol–water partition coefficient (Wildman–Crippen LogP) is 11.3. The topological polar surface area (TPSA) is 44.9 Å². The van der Waals surface area contributed by atoms with E-state index < -0.39 is 0 Å². The summed E-state index contributed by atoms with van der Waals surface area (Å²) in [7, 11) is 0. The summed E-state index contributed by atoms with van der Waals surface area (Å²) in [5.41, 5.74) is 10.5. The quantitative estimate of drug-likeness (QED) is 0.108. The number of hydrogen-bond donors (Lipinski definition) is 0. The number of benzene rings is 3. The summed E-state index contributed by atoms with van der Waals surface area (Å²) in [6.45, 7) is 15.6. The molecule has 0 saturated carbocycles. The monoisotopic (exact) mass is 829 g/mol. The van der Waals surface area contributed by atoms with Gasteiger partial charge in [0.05, 0.1) is 5.69 Å². The van der Waals surface area contributed by atoms with E-state index in [9.17, 15) is 0 Å². The molecule has 0 aliphatic heterocycles. The molecular weight excluding hydrogens is 784 g/mol. The van der Waals surface area contributed by atoms with E-state index >= 15 is 0 Å². The molecule has 49 heavy (non-hydrogen) atoms. The van der Waals surface area contributed by atoms with Gasteiger partial charge in [0.25, 0.3) is 0 Å². The molecule has 3 aromatic carbocycles. The number of hydrogen-bond acceptors (Lipinski definition) is 3. The van der Waals surface area contributed by atoms with Crippen molar-refractivity contribution in [2.24, 2.45) is 5.92 Å². The Morgan fingerprint density at radius 1 is 0.939 bits per heavy atom. The van der Waals surface area contributed by atoms with Gasteiger partial charge in [-0.3, -0.25) is 4.68 Å². The van der Waals surface area contributed by atoms with E-state index in [1.54, 1.807) is 0 Å². The van der Waals surface area contributed by atoms with Crippen LogP contribution in [0.1, 0.15) is 100 Å². The summed E-state index contributed by atoms with van der Waals surface area (Å²) in [4.78, 5) is 4.80. The van der Waals surface area contributed by atoms with Gasteiger partial charge in [-0.05, 0) is 86.7 Å². The minimum absolute atomic E-state index is 0. The smallest absolute Gasteiger partial charge is 0.509 e. The van der Waals surface area contributed by atoms with Gasteiger partial charge in [0.15, 0.2) is 0 Å². The number of nitrogens with zero attached hydrogens (tertiary/aromatic N) is 4. The first-order chi connectivity index (χ1) is 23.3. The van der Waals surface area contributed by atoms with Crippen LogP contribution in [0.3, 0.4) is 0 Å². The van der Waals surface area contributed by atoms with E-state index in [2.05, 4.69) is 131 Å². The van der Waals surface area contributed by atoms with Gasteiger partial charge in [0.1, 0.15) is 5.82 Å². The zero-order chi connectivity index (χ0) is 33.5. The molecule has 0 radical (unpaired) electrons. The van der Waals surface area contributed by atoms with E-state index in [1.807, 2.05) is 12.3 Å². The van der Waals surface area contributed by atoms with Gasteiger partial charge < -0.3 is 9.30 Å². The van der Waals surface area contributed by atoms with Crippen molar-refractivity contribution in [3.8, 4) is 23.0 Å². The number of aryl methyl sites for hydroxylation is 2. The van der Waals surface area contributed by atoms with Crippen LogP contribution in [0.5, 0.6) is 11.5 Å². The first-order valence-corrected chi connectivity index (χ1v) is 17.7. The Balaban J connectivity index is 0.00000417. The zero-order valence-corrected chi connectivity index (χ0v) is 32.0. The van der Waals surface area contributed by atoms with Crippen molar-refractivity contribution in [1.29, 1.82) is 0 Å². The Morgan fingerprint density at radius 2 is 1.76 bits per heavy atom. The van der Waals surface area contributed by atoms with Gasteiger partial charge in [-0.2, -0.15) is 11.2 Å². The molecule has 1 unspecified atom stereocenters. The SMILES string of the molecule is CCCc1ccnc(-n2c3[c-]c(Oc4[c-]c(-n5nc(C)c(C6C(C)=CCC[C@@H]6CC)c5C)cc(C(C)C)c4)ccc3c3ccccc32)c1.[Pt+2]. The van der Waals surface area contributed by atoms with Gasteiger partial charge >= 0.3 is 21.1 Å². The van der Waals surface area contributed by atoms with Crippen molar-refractivity contribution >= 4 is 21.8 Å². The van der Waals surface area contributed by atoms with Crippen LogP contribution in [-0.4, -0.2) is 19.3 Å². The van der Waals surface area contributed by atoms with Crippen LogP contribution in [0.15, 0.2) is 78.5 Å². The Kier molecular flexibility index (Phi) is 10.3. The first kappa shape index (κ1) is 34.9. The standard InChI is InChI=1S/C43H46N4O.Pt/c1-8-13-31-20-21-44-41(22-31)46-39-17-11-10-16-37(39)38-19-18-35(26-40(38)46)48-36-24-33(27(3)4)23-34(25-36)47-30(7)43(29(6)45-47)42-28(5)14-12-15-32(42)9-2;/h10-11,14,16-24,27,32,42H,8-9,12-13,15H2,1-7H3;/q-2;+2/t32-,42?;/m0./s1. The molecule has 6 heteroatoms. The van der Waals surface area contributed by atoms with Crippen LogP contribution < -0.4 is 4.74 Å². The zero-order valence-electron chi connectivity index (χ0n) is 29.7. The van der Waals surface area contributed by atoms with Crippen molar-refractivity contribution in [1.82, 2.24) is 19.3 Å². The fraction of sp³-hybridized carbons (Fsp3) is 0.349. The molecule has 0 bridgehead atoms. The van der Waals surface area contributed by atoms with Gasteiger partial charge in [-0.25, -0.2) is 4.98 Å². The minimum atomic E-state index is 0. The fourth-order valence-corrected chi connectivity index (χ4v) is 7.80. The van der Waals surface area contributed by atoms with E-state index in [1.165, 1.54) is 52.6 Å². The molecule has 2 atom stereocenters. The molecule has 254 valence electrons. The van der Waals surface area contributed by atoms with E-state index in [-0.39, 0.29) is 21.1 Å². The van der Waals surface area contributed by atoms with Crippen molar-refractivity contribution in [3.05, 3.63) is 119 Å². The maximum absolute atomic E-state index is 6.64. The van der Waals surface area contributed by atoms with Gasteiger partial charge in [0.2, 0.25) is 0 Å². The van der Waals surface area contributed by atoms with Crippen molar-refractivity contribution in [2.75, 3.05) is 0 Å². The average Bonchev–Trinajstić information content (AvgIpc) is 3.57. The van der Waals surface area contributed by atoms with Crippen LogP contribution in [0.2, 0.25) is 0 Å². The number of ether oxygens (including phenoxy) is 1. The second kappa shape index (κ2) is 14.5. The third kappa shape index (κ3) is 6.55. The van der Waals surface area contributed by atoms with Crippen molar-refractivity contribution in [3.63, 3.8) is 0 Å². The summed E-state index contributed by atoms with van der Waals surface area (Å²) in [5, 5.41) is 7.41. The van der Waals surface area contributed by atoms with Crippen LogP contribution >= 0.6 is 0 Å². The molecule has 0 fully saturated rings. The number of aromatic nitrogens is 4. The number of rotatable bonds is 9. The predicted molar refractivity (Wildman–Crippen MR) is 197 cm³/mol. The molecule has 3 aromatic heterocycles. The summed E-state index contributed by atoms with van der Waals surface area (Å²) in [5.74, 6) is 3.55. The molecule has 0 spiro atoms. The second-order valence-corrected chi connectivity index (χ2v) is 13.8. The van der Waals surface area contributed by atoms with E-state index in [4.69, 9.17) is 14.8 Å². The summed E-state index contributed by atoms with van der Waals surface area (Å²) in [6, 6.07) is 28.5. The molecular formula is C43H46N4OPt. The maximum Gasteiger partial charge on any atom is 2.00 e. The molecule has 1 aliphatic carbocycles. The minimum Gasteiger partial charge on any atom is -0.509 e. The average molecular weight is 830 g/mol. The molecule has 5 nitrogen and oxygen atoms in total. The van der Waals surface area contributed by atoms with E-state index in [0.29, 0.717) is 29.3 Å². The summed E-state index contributed by atoms with van der Waals surface area (Å²) >= 11 is 0. The normalized spacial score (nSPS) is 16.3. The molecule has 0 saturated heterocycles. The Bertz CT molecular complexity index is 2150. The molecule has 3 heterocycles. The Hall–Kier alpha value is -3.95. The Labute approximate surface area is 305 Å². The van der Waals surface area contributed by atoms with Crippen molar-refractivity contribution in [2.45, 2.75) is 92.4 Å². The fourth-order valence-electron chi connectivity index (χ4n) is 7.80. The summed E-state index contributed by atoms with van der Waals surface area (Å²) < 4.78 is 10.9. The van der Waals surface area contributed by atoms with Gasteiger partial charge in [0, 0.05) is 40.4 Å². The molecule has 1 aliphatic rings. The number of pyridine rings is 1. The Morgan fingerprint density at radius 3 is 2.53 bits per heavy atom. The van der Waals surface area contributed by atoms with Gasteiger partial charge in [-0.15, -0.1) is 41.3 Å². The largest absolute Gasteiger partial charge is 2.00 e. The molecule has 0 amide bonds. The third-order valence-corrected chi connectivity index (χ3v) is 10.3. The molecule has 0 N–H and O–H groups in total. The molecule has 7 rings (SSSR count).